The first-order valence-corrected chi connectivity index (χ1v) is 6.54. The van der Waals surface area contributed by atoms with E-state index in [-0.39, 0.29) is 24.4 Å². The Morgan fingerprint density at radius 2 is 2.00 bits per heavy atom. The number of alkyl halides is 3. The number of amides is 1. The number of rotatable bonds is 3. The lowest BCUT2D eigenvalue weighted by Gasteiger charge is -2.29. The molecule has 2 N–H and O–H groups in total. The van der Waals surface area contributed by atoms with Crippen LogP contribution < -0.4 is 5.73 Å². The zero-order valence-electron chi connectivity index (χ0n) is 11.1. The van der Waals surface area contributed by atoms with Crippen LogP contribution in [0.25, 0.3) is 0 Å². The minimum absolute atomic E-state index is 0. The second-order valence-corrected chi connectivity index (χ2v) is 5.43. The van der Waals surface area contributed by atoms with Gasteiger partial charge in [0.15, 0.2) is 0 Å². The smallest absolute Gasteiger partial charge is 0.362 e. The standard InChI is InChI=1S/C12H19F3N2O2.ClH/c13-12(14,15)7-19-6-11(18)17-4-8-2-1-3-10(16)9(8)5-17;/h8-10H,1-7,16H2;1H. The van der Waals surface area contributed by atoms with E-state index in [4.69, 9.17) is 5.73 Å². The lowest BCUT2D eigenvalue weighted by molar-refractivity contribution is -0.177. The second kappa shape index (κ2) is 6.95. The number of nitrogens with zero attached hydrogens (tertiary/aromatic N) is 1. The molecule has 2 aliphatic rings. The molecule has 0 aromatic rings. The van der Waals surface area contributed by atoms with Crippen molar-refractivity contribution in [2.75, 3.05) is 26.3 Å². The van der Waals surface area contributed by atoms with Crippen molar-refractivity contribution in [1.82, 2.24) is 4.90 Å². The quantitative estimate of drug-likeness (QED) is 0.860. The highest BCUT2D eigenvalue weighted by Crippen LogP contribution is 2.35. The highest BCUT2D eigenvalue weighted by Gasteiger charge is 2.40. The summed E-state index contributed by atoms with van der Waals surface area (Å²) in [4.78, 5) is 13.4. The van der Waals surface area contributed by atoms with E-state index in [1.807, 2.05) is 0 Å². The minimum Gasteiger partial charge on any atom is -0.362 e. The summed E-state index contributed by atoms with van der Waals surface area (Å²) in [5.74, 6) is 0.321. The SMILES string of the molecule is Cl.NC1CCCC2CN(C(=O)COCC(F)(F)F)CC12. The zero-order chi connectivity index (χ0) is 14.0. The number of ether oxygens (including phenoxy) is 1. The molecule has 118 valence electrons. The van der Waals surface area contributed by atoms with Crippen LogP contribution >= 0.6 is 12.4 Å². The number of likely N-dealkylation sites (tertiary alicyclic amines) is 1. The molecule has 8 heteroatoms. The Kier molecular flexibility index (Phi) is 6.09. The average molecular weight is 317 g/mol. The maximum absolute atomic E-state index is 11.9. The van der Waals surface area contributed by atoms with Gasteiger partial charge in [-0.05, 0) is 24.7 Å². The molecule has 0 spiro atoms. The van der Waals surface area contributed by atoms with Gasteiger partial charge in [0.1, 0.15) is 13.2 Å². The van der Waals surface area contributed by atoms with Gasteiger partial charge in [-0.1, -0.05) is 6.42 Å². The van der Waals surface area contributed by atoms with Crippen LogP contribution in [0.5, 0.6) is 0 Å². The van der Waals surface area contributed by atoms with E-state index in [0.29, 0.717) is 24.9 Å². The summed E-state index contributed by atoms with van der Waals surface area (Å²) >= 11 is 0. The van der Waals surface area contributed by atoms with Crippen molar-refractivity contribution in [1.29, 1.82) is 0 Å². The topological polar surface area (TPSA) is 55.6 Å². The number of hydrogen-bond donors (Lipinski definition) is 1. The van der Waals surface area contributed by atoms with E-state index >= 15 is 0 Å². The van der Waals surface area contributed by atoms with Crippen molar-refractivity contribution in [2.45, 2.75) is 31.5 Å². The van der Waals surface area contributed by atoms with Crippen molar-refractivity contribution < 1.29 is 22.7 Å². The Hall–Kier alpha value is -0.530. The number of fused-ring (bicyclic) bond motifs is 1. The molecule has 0 radical (unpaired) electrons. The summed E-state index contributed by atoms with van der Waals surface area (Å²) in [6.07, 6.45) is -1.31. The molecule has 3 unspecified atom stereocenters. The molecule has 4 nitrogen and oxygen atoms in total. The predicted octanol–water partition coefficient (Wildman–Crippen LogP) is 1.57. The van der Waals surface area contributed by atoms with E-state index in [9.17, 15) is 18.0 Å². The highest BCUT2D eigenvalue weighted by atomic mass is 35.5. The molecule has 2 fully saturated rings. The molecule has 20 heavy (non-hydrogen) atoms. The summed E-state index contributed by atoms with van der Waals surface area (Å²) in [5, 5.41) is 0. The molecule has 1 heterocycles. The number of halogens is 4. The summed E-state index contributed by atoms with van der Waals surface area (Å²) in [6.45, 7) is -0.722. The van der Waals surface area contributed by atoms with Crippen molar-refractivity contribution in [3.05, 3.63) is 0 Å². The van der Waals surface area contributed by atoms with Gasteiger partial charge in [0, 0.05) is 19.1 Å². The molecular formula is C12H20ClF3N2O2. The Labute approximate surface area is 122 Å². The fraction of sp³-hybridized carbons (Fsp3) is 0.917. The third-order valence-corrected chi connectivity index (χ3v) is 4.00. The fourth-order valence-corrected chi connectivity index (χ4v) is 3.07. The molecule has 3 atom stereocenters. The molecule has 1 aliphatic heterocycles. The Balaban J connectivity index is 0.00000200. The van der Waals surface area contributed by atoms with Crippen LogP contribution in [0, 0.1) is 11.8 Å². The first-order chi connectivity index (χ1) is 8.87. The number of hydrogen-bond acceptors (Lipinski definition) is 3. The van der Waals surface area contributed by atoms with Gasteiger partial charge in [-0.15, -0.1) is 12.4 Å². The van der Waals surface area contributed by atoms with Crippen LogP contribution in [0.3, 0.4) is 0 Å². The van der Waals surface area contributed by atoms with Crippen molar-refractivity contribution in [3.63, 3.8) is 0 Å². The molecule has 0 aromatic heterocycles. The molecule has 2 rings (SSSR count). The molecular weight excluding hydrogens is 297 g/mol. The molecule has 1 saturated carbocycles. The third-order valence-electron chi connectivity index (χ3n) is 4.00. The van der Waals surface area contributed by atoms with Crippen LogP contribution in [0.1, 0.15) is 19.3 Å². The van der Waals surface area contributed by atoms with Gasteiger partial charge in [0.25, 0.3) is 0 Å². The Morgan fingerprint density at radius 3 is 2.60 bits per heavy atom. The average Bonchev–Trinajstić information content (AvgIpc) is 2.72. The van der Waals surface area contributed by atoms with Crippen LogP contribution in [-0.2, 0) is 9.53 Å². The number of carbonyl (C=O) groups excluding carboxylic acids is 1. The first kappa shape index (κ1) is 17.5. The van der Waals surface area contributed by atoms with Gasteiger partial charge >= 0.3 is 6.18 Å². The monoisotopic (exact) mass is 316 g/mol. The minimum atomic E-state index is -4.39. The van der Waals surface area contributed by atoms with Gasteiger partial charge in [-0.25, -0.2) is 0 Å². The van der Waals surface area contributed by atoms with Crippen LogP contribution in [-0.4, -0.2) is 49.3 Å². The van der Waals surface area contributed by atoms with E-state index in [2.05, 4.69) is 4.74 Å². The molecule has 0 bridgehead atoms. The lowest BCUT2D eigenvalue weighted by atomic mass is 9.78. The van der Waals surface area contributed by atoms with Crippen molar-refractivity contribution in [3.8, 4) is 0 Å². The highest BCUT2D eigenvalue weighted by molar-refractivity contribution is 5.85. The van der Waals surface area contributed by atoms with Crippen LogP contribution in [0.4, 0.5) is 13.2 Å². The summed E-state index contributed by atoms with van der Waals surface area (Å²) in [5.41, 5.74) is 6.02. The van der Waals surface area contributed by atoms with E-state index in [1.165, 1.54) is 0 Å². The maximum Gasteiger partial charge on any atom is 0.411 e. The molecule has 0 aromatic carbocycles. The summed E-state index contributed by atoms with van der Waals surface area (Å²) in [7, 11) is 0. The van der Waals surface area contributed by atoms with E-state index in [1.54, 1.807) is 4.90 Å². The third kappa shape index (κ3) is 4.49. The number of carbonyl (C=O) groups is 1. The molecule has 1 amide bonds. The number of nitrogens with two attached hydrogens (primary N) is 1. The lowest BCUT2D eigenvalue weighted by Crippen LogP contribution is -2.39. The Bertz CT molecular complexity index is 341. The van der Waals surface area contributed by atoms with E-state index < -0.39 is 19.4 Å². The first-order valence-electron chi connectivity index (χ1n) is 6.54. The van der Waals surface area contributed by atoms with Crippen LogP contribution in [0.15, 0.2) is 0 Å². The normalized spacial score (nSPS) is 29.8. The van der Waals surface area contributed by atoms with Crippen molar-refractivity contribution >= 4 is 18.3 Å². The summed E-state index contributed by atoms with van der Waals surface area (Å²) < 4.78 is 40.1. The zero-order valence-corrected chi connectivity index (χ0v) is 11.9. The fourth-order valence-electron chi connectivity index (χ4n) is 3.07. The van der Waals surface area contributed by atoms with Crippen molar-refractivity contribution in [2.24, 2.45) is 17.6 Å². The molecule has 1 aliphatic carbocycles. The second-order valence-electron chi connectivity index (χ2n) is 5.43. The van der Waals surface area contributed by atoms with Crippen LogP contribution in [0.2, 0.25) is 0 Å². The van der Waals surface area contributed by atoms with E-state index in [0.717, 1.165) is 19.3 Å². The predicted molar refractivity (Wildman–Crippen MR) is 69.5 cm³/mol. The van der Waals surface area contributed by atoms with Gasteiger partial charge in [-0.3, -0.25) is 4.79 Å². The van der Waals surface area contributed by atoms with Gasteiger partial charge in [0.05, 0.1) is 0 Å². The summed E-state index contributed by atoms with van der Waals surface area (Å²) in [6, 6.07) is 0.104. The molecule has 1 saturated heterocycles. The maximum atomic E-state index is 11.9. The van der Waals surface area contributed by atoms with Gasteiger partial charge < -0.3 is 15.4 Å². The van der Waals surface area contributed by atoms with Gasteiger partial charge in [-0.2, -0.15) is 13.2 Å². The Morgan fingerprint density at radius 1 is 1.30 bits per heavy atom. The largest absolute Gasteiger partial charge is 0.411 e. The van der Waals surface area contributed by atoms with Gasteiger partial charge in [0.2, 0.25) is 5.91 Å².